The molecule has 5 aromatic rings. The molecule has 0 aliphatic carbocycles. The Balaban J connectivity index is 1.54. The molecular formula is C39H31BrIN3O4S. The number of aromatic nitrogens is 1. The first-order valence-corrected chi connectivity index (χ1v) is 18.4. The highest BCUT2D eigenvalue weighted by atomic mass is 127. The van der Waals surface area contributed by atoms with Gasteiger partial charge in [0.2, 0.25) is 0 Å². The van der Waals surface area contributed by atoms with Crippen LogP contribution in [-0.4, -0.2) is 17.1 Å². The number of esters is 1. The maximum atomic E-state index is 14.5. The molecule has 0 unspecified atom stereocenters. The summed E-state index contributed by atoms with van der Waals surface area (Å²) in [6.45, 7) is 6.48. The van der Waals surface area contributed by atoms with Gasteiger partial charge in [-0.1, -0.05) is 108 Å². The minimum Gasteiger partial charge on any atom is -0.487 e. The second-order valence-electron chi connectivity index (χ2n) is 11.7. The first kappa shape index (κ1) is 34.5. The van der Waals surface area contributed by atoms with Crippen LogP contribution in [0.25, 0.3) is 11.8 Å². The lowest BCUT2D eigenvalue weighted by Crippen LogP contribution is -2.40. The fourth-order valence-corrected chi connectivity index (χ4v) is 8.33. The van der Waals surface area contributed by atoms with Gasteiger partial charge in [-0.3, -0.25) is 9.36 Å². The predicted octanol–water partition coefficient (Wildman–Crippen LogP) is 7.88. The number of nitrogens with zero attached hydrogens (tertiary/aromatic N) is 3. The van der Waals surface area contributed by atoms with Gasteiger partial charge in [0, 0.05) is 15.6 Å². The highest BCUT2D eigenvalue weighted by Crippen LogP contribution is 2.36. The SMILES string of the molecule is CCOC(=O)C1=C(c2ccccc2)N=c2s/c(=C\c3cc(Br)cc(I)c3OCc3ccc(C#N)cc3)c(=O)n2[C@@H]1c1ccc(C(C)C)cc1. The van der Waals surface area contributed by atoms with E-state index in [1.807, 2.05) is 84.9 Å². The Morgan fingerprint density at radius 3 is 2.45 bits per heavy atom. The number of hydrogen-bond acceptors (Lipinski definition) is 7. The molecule has 0 saturated carbocycles. The molecule has 0 fully saturated rings. The van der Waals surface area contributed by atoms with E-state index in [0.717, 1.165) is 30.3 Å². The van der Waals surface area contributed by atoms with Crippen LogP contribution in [-0.2, 0) is 16.1 Å². The Labute approximate surface area is 310 Å². The standard InChI is InChI=1S/C39H31BrIN3O4S/c1-4-47-38(46)33-34(27-8-6-5-7-9-27)43-39-44(35(33)28-16-14-26(15-17-28)23(2)3)37(45)32(49-39)19-29-18-30(40)20-31(41)36(29)48-22-25-12-10-24(21-42)11-13-25/h5-20,23,35H,4,22H2,1-3H3/b32-19-/t35-/m1/s1. The molecular weight excluding hydrogens is 813 g/mol. The fraction of sp³-hybridized carbons (Fsp3) is 0.179. The van der Waals surface area contributed by atoms with Crippen molar-refractivity contribution in [3.05, 3.63) is 158 Å². The van der Waals surface area contributed by atoms with Crippen molar-refractivity contribution in [1.29, 1.82) is 5.26 Å². The zero-order valence-corrected chi connectivity index (χ0v) is 31.5. The van der Waals surface area contributed by atoms with Gasteiger partial charge >= 0.3 is 5.97 Å². The van der Waals surface area contributed by atoms with Gasteiger partial charge in [0.25, 0.3) is 5.56 Å². The first-order chi connectivity index (χ1) is 23.7. The Bertz CT molecular complexity index is 2290. The summed E-state index contributed by atoms with van der Waals surface area (Å²) in [6.07, 6.45) is 1.82. The number of benzene rings is 4. The van der Waals surface area contributed by atoms with Crippen LogP contribution in [0.2, 0.25) is 0 Å². The molecule has 0 saturated heterocycles. The molecule has 0 N–H and O–H groups in total. The molecule has 0 radical (unpaired) electrons. The van der Waals surface area contributed by atoms with Gasteiger partial charge < -0.3 is 9.47 Å². The van der Waals surface area contributed by atoms with E-state index in [9.17, 15) is 9.59 Å². The quantitative estimate of drug-likeness (QED) is 0.111. The van der Waals surface area contributed by atoms with Crippen molar-refractivity contribution >= 4 is 67.6 Å². The van der Waals surface area contributed by atoms with Crippen molar-refractivity contribution in [2.24, 2.45) is 4.99 Å². The molecule has 1 aromatic heterocycles. The van der Waals surface area contributed by atoms with Gasteiger partial charge in [0.05, 0.1) is 43.7 Å². The lowest BCUT2D eigenvalue weighted by atomic mass is 9.91. The summed E-state index contributed by atoms with van der Waals surface area (Å²) in [7, 11) is 0. The molecule has 0 amide bonds. The van der Waals surface area contributed by atoms with Crippen LogP contribution in [0.5, 0.6) is 5.75 Å². The van der Waals surface area contributed by atoms with E-state index in [1.54, 1.807) is 23.6 Å². The molecule has 6 rings (SSSR count). The van der Waals surface area contributed by atoms with Crippen LogP contribution in [0.3, 0.4) is 0 Å². The Kier molecular flexibility index (Phi) is 10.6. The summed E-state index contributed by atoms with van der Waals surface area (Å²) in [6, 6.07) is 30.1. The molecule has 1 atom stereocenters. The van der Waals surface area contributed by atoms with E-state index in [-0.39, 0.29) is 18.8 Å². The smallest absolute Gasteiger partial charge is 0.338 e. The highest BCUT2D eigenvalue weighted by molar-refractivity contribution is 14.1. The second kappa shape index (κ2) is 15.1. The molecule has 0 bridgehead atoms. The third kappa shape index (κ3) is 7.34. The molecule has 246 valence electrons. The average Bonchev–Trinajstić information content (AvgIpc) is 3.41. The number of thiazole rings is 1. The maximum Gasteiger partial charge on any atom is 0.338 e. The van der Waals surface area contributed by atoms with Crippen LogP contribution in [0.1, 0.15) is 66.1 Å². The maximum absolute atomic E-state index is 14.5. The van der Waals surface area contributed by atoms with E-state index in [0.29, 0.717) is 43.4 Å². The van der Waals surface area contributed by atoms with Gasteiger partial charge in [0.15, 0.2) is 4.80 Å². The topological polar surface area (TPSA) is 93.7 Å². The van der Waals surface area contributed by atoms with Crippen molar-refractivity contribution in [2.75, 3.05) is 6.61 Å². The molecule has 1 aliphatic heterocycles. The van der Waals surface area contributed by atoms with Gasteiger partial charge in [-0.2, -0.15) is 5.26 Å². The molecule has 4 aromatic carbocycles. The summed E-state index contributed by atoms with van der Waals surface area (Å²) in [5.74, 6) is 0.423. The monoisotopic (exact) mass is 843 g/mol. The number of hydrogen-bond donors (Lipinski definition) is 0. The largest absolute Gasteiger partial charge is 0.487 e. The molecule has 49 heavy (non-hydrogen) atoms. The van der Waals surface area contributed by atoms with E-state index < -0.39 is 12.0 Å². The number of ether oxygens (including phenoxy) is 2. The zero-order valence-electron chi connectivity index (χ0n) is 26.9. The van der Waals surface area contributed by atoms with Crippen LogP contribution >= 0.6 is 49.9 Å². The summed E-state index contributed by atoms with van der Waals surface area (Å²) < 4.78 is 15.7. The molecule has 7 nitrogen and oxygen atoms in total. The Morgan fingerprint density at radius 1 is 1.08 bits per heavy atom. The Hall–Kier alpha value is -4.31. The van der Waals surface area contributed by atoms with Crippen molar-refractivity contribution in [3.63, 3.8) is 0 Å². The number of carbonyl (C=O) groups excluding carboxylic acids is 1. The number of halogens is 2. The van der Waals surface area contributed by atoms with Gasteiger partial charge in [0.1, 0.15) is 12.4 Å². The van der Waals surface area contributed by atoms with Crippen LogP contribution < -0.4 is 19.6 Å². The summed E-state index contributed by atoms with van der Waals surface area (Å²) in [4.78, 5) is 33.7. The summed E-state index contributed by atoms with van der Waals surface area (Å²) >= 11 is 7.10. The lowest BCUT2D eigenvalue weighted by molar-refractivity contribution is -0.138. The van der Waals surface area contributed by atoms with Crippen molar-refractivity contribution in [2.45, 2.75) is 39.3 Å². The summed E-state index contributed by atoms with van der Waals surface area (Å²) in [5.41, 5.74) is 5.41. The zero-order chi connectivity index (χ0) is 34.7. The molecule has 10 heteroatoms. The van der Waals surface area contributed by atoms with Gasteiger partial charge in [-0.05, 0) is 82.5 Å². The number of rotatable bonds is 9. The predicted molar refractivity (Wildman–Crippen MR) is 204 cm³/mol. The van der Waals surface area contributed by atoms with Gasteiger partial charge in [-0.15, -0.1) is 0 Å². The van der Waals surface area contributed by atoms with E-state index in [4.69, 9.17) is 19.7 Å². The van der Waals surface area contributed by atoms with Crippen molar-refractivity contribution < 1.29 is 14.3 Å². The van der Waals surface area contributed by atoms with E-state index in [1.165, 1.54) is 11.3 Å². The molecule has 2 heterocycles. The Morgan fingerprint density at radius 2 is 1.80 bits per heavy atom. The lowest BCUT2D eigenvalue weighted by Gasteiger charge is -2.26. The van der Waals surface area contributed by atoms with Crippen LogP contribution in [0.15, 0.2) is 111 Å². The highest BCUT2D eigenvalue weighted by Gasteiger charge is 2.35. The minimum atomic E-state index is -0.761. The minimum absolute atomic E-state index is 0.181. The normalized spacial score (nSPS) is 14.3. The third-order valence-corrected chi connectivity index (χ3v) is 10.3. The summed E-state index contributed by atoms with van der Waals surface area (Å²) in [5, 5.41) is 9.16. The number of nitriles is 1. The van der Waals surface area contributed by atoms with Crippen molar-refractivity contribution in [3.8, 4) is 11.8 Å². The molecule has 1 aliphatic rings. The average molecular weight is 845 g/mol. The first-order valence-electron chi connectivity index (χ1n) is 15.7. The van der Waals surface area contributed by atoms with Crippen LogP contribution in [0, 0.1) is 14.9 Å². The third-order valence-electron chi connectivity index (χ3n) is 8.08. The second-order valence-corrected chi connectivity index (χ2v) is 14.7. The van der Waals surface area contributed by atoms with Crippen LogP contribution in [0.4, 0.5) is 0 Å². The fourth-order valence-electron chi connectivity index (χ4n) is 5.63. The number of fused-ring (bicyclic) bond motifs is 1. The van der Waals surface area contributed by atoms with Crippen molar-refractivity contribution in [1.82, 2.24) is 4.57 Å². The molecule has 0 spiro atoms. The van der Waals surface area contributed by atoms with E-state index in [2.05, 4.69) is 58.4 Å². The number of carbonyl (C=O) groups is 1. The van der Waals surface area contributed by atoms with Gasteiger partial charge in [-0.25, -0.2) is 9.79 Å². The van der Waals surface area contributed by atoms with E-state index >= 15 is 0 Å².